The van der Waals surface area contributed by atoms with Gasteiger partial charge in [-0.25, -0.2) is 0 Å². The second-order valence-corrected chi connectivity index (χ2v) is 8.17. The number of benzene rings is 3. The van der Waals surface area contributed by atoms with Gasteiger partial charge in [-0.15, -0.1) is 10.1 Å². The Morgan fingerprint density at radius 1 is 0.943 bits per heavy atom. The second-order valence-electron chi connectivity index (χ2n) is 8.17. The van der Waals surface area contributed by atoms with Gasteiger partial charge in [-0.05, 0) is 61.5 Å². The van der Waals surface area contributed by atoms with E-state index in [1.807, 2.05) is 55.5 Å². The first-order valence-electron chi connectivity index (χ1n) is 11.1. The average molecular weight is 475 g/mol. The lowest BCUT2D eigenvalue weighted by Crippen LogP contribution is -2.42. The van der Waals surface area contributed by atoms with Crippen LogP contribution in [0.15, 0.2) is 66.7 Å². The molecular weight excluding hydrogens is 446 g/mol. The summed E-state index contributed by atoms with van der Waals surface area (Å²) in [6.45, 7) is 1.92. The number of aryl methyl sites for hydroxylation is 1. The van der Waals surface area contributed by atoms with Crippen molar-refractivity contribution in [2.75, 3.05) is 21.3 Å². The van der Waals surface area contributed by atoms with Gasteiger partial charge in [0.25, 0.3) is 5.91 Å². The molecular formula is C27H28N3O5+. The van der Waals surface area contributed by atoms with Gasteiger partial charge in [-0.2, -0.15) is 0 Å². The van der Waals surface area contributed by atoms with Gasteiger partial charge in [0, 0.05) is 16.7 Å². The Balaban J connectivity index is 1.72. The molecule has 1 aliphatic rings. The van der Waals surface area contributed by atoms with E-state index in [9.17, 15) is 9.59 Å². The molecule has 3 aromatic carbocycles. The summed E-state index contributed by atoms with van der Waals surface area (Å²) in [6.07, 6.45) is 1.80. The van der Waals surface area contributed by atoms with Crippen LogP contribution in [-0.2, 0) is 4.79 Å². The molecule has 2 N–H and O–H groups in total. The highest BCUT2D eigenvalue weighted by Gasteiger charge is 2.47. The fourth-order valence-corrected chi connectivity index (χ4v) is 4.09. The Morgan fingerprint density at radius 2 is 1.69 bits per heavy atom. The number of hydrogen-bond acceptors (Lipinski definition) is 5. The summed E-state index contributed by atoms with van der Waals surface area (Å²) in [4.78, 5) is 26.1. The smallest absolute Gasteiger partial charge is 0.304 e. The highest BCUT2D eigenvalue weighted by atomic mass is 16.5. The number of methoxy groups -OCH3 is 3. The van der Waals surface area contributed by atoms with E-state index in [4.69, 9.17) is 14.2 Å². The fourth-order valence-electron chi connectivity index (χ4n) is 4.09. The van der Waals surface area contributed by atoms with Crippen molar-refractivity contribution in [2.45, 2.75) is 19.0 Å². The minimum Gasteiger partial charge on any atom is -0.497 e. The standard InChI is InChI=1S/C27H27N3O5/c1-17-6-5-7-20(14-17)26(31)28-24-25(19-9-11-21(33-2)12-10-19)30(29-27(24)32)16-18-8-13-22(34-3)23(15-18)35-4/h5-16,24-25H,1-4H3,(H-,28,29,31,32)/p+1/b30-16-/t24-,25-/m1/s1. The molecule has 35 heavy (non-hydrogen) atoms. The highest BCUT2D eigenvalue weighted by molar-refractivity contribution is 5.98. The van der Waals surface area contributed by atoms with Crippen LogP contribution in [-0.4, -0.2) is 50.1 Å². The van der Waals surface area contributed by atoms with Crippen LogP contribution in [0.25, 0.3) is 0 Å². The largest absolute Gasteiger partial charge is 0.497 e. The van der Waals surface area contributed by atoms with Gasteiger partial charge in [-0.3, -0.25) is 9.59 Å². The molecule has 4 rings (SSSR count). The van der Waals surface area contributed by atoms with Crippen molar-refractivity contribution in [1.29, 1.82) is 0 Å². The summed E-state index contributed by atoms with van der Waals surface area (Å²) in [7, 11) is 4.73. The maximum atomic E-state index is 13.1. The van der Waals surface area contributed by atoms with Crippen LogP contribution in [0.1, 0.15) is 33.1 Å². The number of hydrogen-bond donors (Lipinski definition) is 2. The van der Waals surface area contributed by atoms with Gasteiger partial charge < -0.3 is 19.5 Å². The normalized spacial score (nSPS) is 18.2. The number of carbonyl (C=O) groups excluding carboxylic acids is 2. The number of ether oxygens (including phenoxy) is 3. The Hall–Kier alpha value is -4.33. The van der Waals surface area contributed by atoms with Crippen molar-refractivity contribution in [3.05, 3.63) is 89.0 Å². The van der Waals surface area contributed by atoms with Crippen LogP contribution in [0.4, 0.5) is 0 Å². The molecule has 8 nitrogen and oxygen atoms in total. The molecule has 1 aliphatic heterocycles. The van der Waals surface area contributed by atoms with Crippen LogP contribution in [0, 0.1) is 6.92 Å². The summed E-state index contributed by atoms with van der Waals surface area (Å²) in [5.41, 5.74) is 5.95. The molecule has 0 radical (unpaired) electrons. The minimum absolute atomic E-state index is 0.316. The monoisotopic (exact) mass is 474 g/mol. The van der Waals surface area contributed by atoms with Crippen LogP contribution >= 0.6 is 0 Å². The molecule has 0 saturated carbocycles. The maximum absolute atomic E-state index is 13.1. The number of nitrogens with zero attached hydrogens (tertiary/aromatic N) is 1. The molecule has 1 saturated heterocycles. The van der Waals surface area contributed by atoms with Crippen LogP contribution in [0.3, 0.4) is 0 Å². The lowest BCUT2D eigenvalue weighted by molar-refractivity contribution is -0.596. The van der Waals surface area contributed by atoms with Crippen LogP contribution in [0.5, 0.6) is 17.2 Å². The molecule has 1 heterocycles. The van der Waals surface area contributed by atoms with Gasteiger partial charge in [0.1, 0.15) is 5.75 Å². The quantitative estimate of drug-likeness (QED) is 0.514. The van der Waals surface area contributed by atoms with E-state index in [2.05, 4.69) is 10.7 Å². The van der Waals surface area contributed by atoms with Crippen LogP contribution < -0.4 is 25.0 Å². The Morgan fingerprint density at radius 3 is 2.34 bits per heavy atom. The molecule has 2 atom stereocenters. The molecule has 3 aromatic rings. The number of nitrogens with one attached hydrogen (secondary N) is 2. The predicted molar refractivity (Wildman–Crippen MR) is 131 cm³/mol. The van der Waals surface area contributed by atoms with Gasteiger partial charge in [-0.1, -0.05) is 17.7 Å². The average Bonchev–Trinajstić information content (AvgIpc) is 3.17. The molecule has 2 amide bonds. The Kier molecular flexibility index (Phi) is 7.01. The van der Waals surface area contributed by atoms with E-state index in [0.29, 0.717) is 22.8 Å². The molecule has 8 heteroatoms. The van der Waals surface area contributed by atoms with Gasteiger partial charge >= 0.3 is 5.91 Å². The third kappa shape index (κ3) is 5.11. The SMILES string of the molecule is COc1ccc([C@@H]2[C@@H](NC(=O)c3cccc(C)c3)C(=O)N/[N+]2=C\c2ccc(OC)c(OC)c2)cc1. The lowest BCUT2D eigenvalue weighted by Gasteiger charge is -2.15. The zero-order chi connectivity index (χ0) is 24.9. The molecule has 0 aliphatic carbocycles. The summed E-state index contributed by atoms with van der Waals surface area (Å²) >= 11 is 0. The number of amides is 2. The third-order valence-corrected chi connectivity index (χ3v) is 5.86. The number of rotatable bonds is 7. The van der Waals surface area contributed by atoms with Gasteiger partial charge in [0.15, 0.2) is 17.5 Å². The van der Waals surface area contributed by atoms with Crippen molar-refractivity contribution >= 4 is 18.0 Å². The third-order valence-electron chi connectivity index (χ3n) is 5.86. The first-order valence-corrected chi connectivity index (χ1v) is 11.1. The lowest BCUT2D eigenvalue weighted by atomic mass is 9.99. The maximum Gasteiger partial charge on any atom is 0.304 e. The molecule has 0 aromatic heterocycles. The zero-order valence-electron chi connectivity index (χ0n) is 20.1. The van der Waals surface area contributed by atoms with Crippen molar-refractivity contribution in [1.82, 2.24) is 10.7 Å². The van der Waals surface area contributed by atoms with E-state index in [0.717, 1.165) is 16.7 Å². The van der Waals surface area contributed by atoms with Gasteiger partial charge in [0.2, 0.25) is 12.3 Å². The fraction of sp³-hybridized carbons (Fsp3) is 0.222. The first-order chi connectivity index (χ1) is 16.9. The number of carbonyl (C=O) groups is 2. The van der Waals surface area contributed by atoms with Crippen LogP contribution in [0.2, 0.25) is 0 Å². The van der Waals surface area contributed by atoms with E-state index in [-0.39, 0.29) is 11.8 Å². The molecule has 1 fully saturated rings. The Bertz CT molecular complexity index is 1270. The minimum atomic E-state index is -0.826. The van der Waals surface area contributed by atoms with E-state index in [1.54, 1.807) is 50.4 Å². The molecule has 180 valence electrons. The van der Waals surface area contributed by atoms with E-state index < -0.39 is 12.1 Å². The Labute approximate surface area is 204 Å². The van der Waals surface area contributed by atoms with Crippen molar-refractivity contribution in [2.24, 2.45) is 0 Å². The molecule has 0 spiro atoms. The van der Waals surface area contributed by atoms with Crippen molar-refractivity contribution in [3.63, 3.8) is 0 Å². The summed E-state index contributed by atoms with van der Waals surface area (Å²) in [6, 6.07) is 18.8. The topological polar surface area (TPSA) is 88.9 Å². The predicted octanol–water partition coefficient (Wildman–Crippen LogP) is 3.04. The molecule has 0 unspecified atom stereocenters. The first kappa shape index (κ1) is 23.8. The number of hydrazine groups is 1. The van der Waals surface area contributed by atoms with E-state index in [1.165, 1.54) is 0 Å². The summed E-state index contributed by atoms with van der Waals surface area (Å²) in [5, 5.41) is 2.92. The second kappa shape index (κ2) is 10.3. The summed E-state index contributed by atoms with van der Waals surface area (Å²) in [5.74, 6) is 1.23. The van der Waals surface area contributed by atoms with Crippen molar-refractivity contribution < 1.29 is 28.5 Å². The van der Waals surface area contributed by atoms with Gasteiger partial charge in [0.05, 0.1) is 21.3 Å². The molecule has 0 bridgehead atoms. The highest BCUT2D eigenvalue weighted by Crippen LogP contribution is 2.29. The zero-order valence-corrected chi connectivity index (χ0v) is 20.1. The van der Waals surface area contributed by atoms with E-state index >= 15 is 0 Å². The summed E-state index contributed by atoms with van der Waals surface area (Å²) < 4.78 is 17.7. The van der Waals surface area contributed by atoms with Crippen molar-refractivity contribution in [3.8, 4) is 17.2 Å². The number of hydrazone groups is 1.